The Morgan fingerprint density at radius 3 is 2.53 bits per heavy atom. The second-order valence-electron chi connectivity index (χ2n) is 6.44. The lowest BCUT2D eigenvalue weighted by molar-refractivity contribution is -0.132. The monoisotopic (exact) mass is 430 g/mol. The molecule has 1 N–H and O–H groups in total. The van der Waals surface area contributed by atoms with Crippen molar-refractivity contribution in [2.75, 3.05) is 32.1 Å². The standard InChI is InChI=1S/C22H23ClN2O5/c1-4-25(5-2)20(26)13-29-17-10-9-15(12-16(17)23)24-22(27)19-11-14-7-6-8-18(28-3)21(14)30-19/h6-12H,4-5,13H2,1-3H3,(H,24,27). The summed E-state index contributed by atoms with van der Waals surface area (Å²) in [6.07, 6.45) is 0. The van der Waals surface area contributed by atoms with Crippen molar-refractivity contribution in [3.8, 4) is 11.5 Å². The molecule has 1 aromatic heterocycles. The molecule has 3 aromatic rings. The molecule has 8 heteroatoms. The molecule has 158 valence electrons. The summed E-state index contributed by atoms with van der Waals surface area (Å²) in [5, 5.41) is 3.78. The lowest BCUT2D eigenvalue weighted by Gasteiger charge is -2.19. The van der Waals surface area contributed by atoms with E-state index >= 15 is 0 Å². The molecule has 0 unspecified atom stereocenters. The van der Waals surface area contributed by atoms with Gasteiger partial charge in [0.15, 0.2) is 23.7 Å². The van der Waals surface area contributed by atoms with Gasteiger partial charge in [0.25, 0.3) is 11.8 Å². The van der Waals surface area contributed by atoms with Gasteiger partial charge in [-0.3, -0.25) is 9.59 Å². The fourth-order valence-corrected chi connectivity index (χ4v) is 3.24. The first-order valence-electron chi connectivity index (χ1n) is 9.54. The highest BCUT2D eigenvalue weighted by Crippen LogP contribution is 2.30. The topological polar surface area (TPSA) is 81.0 Å². The van der Waals surface area contributed by atoms with Crippen molar-refractivity contribution in [3.05, 3.63) is 53.2 Å². The molecule has 1 heterocycles. The zero-order valence-electron chi connectivity index (χ0n) is 17.0. The maximum atomic E-state index is 12.6. The van der Waals surface area contributed by atoms with Gasteiger partial charge >= 0.3 is 0 Å². The molecule has 0 aliphatic carbocycles. The molecule has 0 radical (unpaired) electrons. The van der Waals surface area contributed by atoms with Crippen LogP contribution in [0.3, 0.4) is 0 Å². The molecule has 3 rings (SSSR count). The molecule has 0 bridgehead atoms. The summed E-state index contributed by atoms with van der Waals surface area (Å²) in [6.45, 7) is 4.94. The van der Waals surface area contributed by atoms with E-state index in [0.717, 1.165) is 5.39 Å². The number of halogens is 1. The number of hydrogen-bond donors (Lipinski definition) is 1. The first-order chi connectivity index (χ1) is 14.5. The lowest BCUT2D eigenvalue weighted by Crippen LogP contribution is -2.34. The van der Waals surface area contributed by atoms with Crippen LogP contribution >= 0.6 is 11.6 Å². The number of ether oxygens (including phenoxy) is 2. The summed E-state index contributed by atoms with van der Waals surface area (Å²) in [7, 11) is 1.54. The number of carbonyl (C=O) groups excluding carboxylic acids is 2. The van der Waals surface area contributed by atoms with Crippen molar-refractivity contribution in [2.45, 2.75) is 13.8 Å². The van der Waals surface area contributed by atoms with Crippen molar-refractivity contribution in [2.24, 2.45) is 0 Å². The molecule has 2 amide bonds. The number of furan rings is 1. The van der Waals surface area contributed by atoms with Gasteiger partial charge in [0.1, 0.15) is 5.75 Å². The van der Waals surface area contributed by atoms with Gasteiger partial charge in [0.2, 0.25) is 0 Å². The molecule has 0 fully saturated rings. The third kappa shape index (κ3) is 4.68. The average molecular weight is 431 g/mol. The molecule has 7 nitrogen and oxygen atoms in total. The summed E-state index contributed by atoms with van der Waals surface area (Å²) in [4.78, 5) is 26.3. The predicted molar refractivity (Wildman–Crippen MR) is 116 cm³/mol. The third-order valence-electron chi connectivity index (χ3n) is 4.61. The molecule has 0 spiro atoms. The number of nitrogens with one attached hydrogen (secondary N) is 1. The second-order valence-corrected chi connectivity index (χ2v) is 6.85. The fraction of sp³-hybridized carbons (Fsp3) is 0.273. The average Bonchev–Trinajstić information content (AvgIpc) is 3.18. The number of methoxy groups -OCH3 is 1. The van der Waals surface area contributed by atoms with E-state index in [0.29, 0.717) is 35.9 Å². The first kappa shape index (κ1) is 21.5. The minimum Gasteiger partial charge on any atom is -0.493 e. The van der Waals surface area contributed by atoms with E-state index in [9.17, 15) is 9.59 Å². The van der Waals surface area contributed by atoms with Gasteiger partial charge in [0, 0.05) is 24.2 Å². The van der Waals surface area contributed by atoms with E-state index < -0.39 is 5.91 Å². The van der Waals surface area contributed by atoms with Gasteiger partial charge in [-0.15, -0.1) is 0 Å². The molecular formula is C22H23ClN2O5. The molecule has 0 aliphatic heterocycles. The van der Waals surface area contributed by atoms with Gasteiger partial charge in [-0.2, -0.15) is 0 Å². The van der Waals surface area contributed by atoms with Crippen LogP contribution in [0.5, 0.6) is 11.5 Å². The number of fused-ring (bicyclic) bond motifs is 1. The van der Waals surface area contributed by atoms with Crippen molar-refractivity contribution in [3.63, 3.8) is 0 Å². The molecular weight excluding hydrogens is 408 g/mol. The summed E-state index contributed by atoms with van der Waals surface area (Å²) in [5.41, 5.74) is 0.977. The van der Waals surface area contributed by atoms with Crippen molar-refractivity contribution in [1.82, 2.24) is 4.90 Å². The van der Waals surface area contributed by atoms with E-state index in [-0.39, 0.29) is 23.3 Å². The Morgan fingerprint density at radius 2 is 1.87 bits per heavy atom. The number of hydrogen-bond acceptors (Lipinski definition) is 5. The van der Waals surface area contributed by atoms with E-state index in [2.05, 4.69) is 5.32 Å². The summed E-state index contributed by atoms with van der Waals surface area (Å²) in [6, 6.07) is 11.9. The van der Waals surface area contributed by atoms with Crippen LogP contribution in [-0.2, 0) is 4.79 Å². The Balaban J connectivity index is 1.68. The van der Waals surface area contributed by atoms with Gasteiger partial charge < -0.3 is 24.1 Å². The summed E-state index contributed by atoms with van der Waals surface area (Å²) in [5.74, 6) is 0.526. The van der Waals surface area contributed by atoms with E-state index in [1.807, 2.05) is 26.0 Å². The van der Waals surface area contributed by atoms with Gasteiger partial charge in [0.05, 0.1) is 12.1 Å². The number of likely N-dealkylation sites (N-methyl/N-ethyl adjacent to an activating group) is 1. The minimum atomic E-state index is -0.422. The van der Waals surface area contributed by atoms with Crippen LogP contribution in [0, 0.1) is 0 Å². The lowest BCUT2D eigenvalue weighted by atomic mass is 10.2. The van der Waals surface area contributed by atoms with E-state index in [4.69, 9.17) is 25.5 Å². The second kappa shape index (κ2) is 9.54. The molecule has 0 saturated heterocycles. The summed E-state index contributed by atoms with van der Waals surface area (Å²) >= 11 is 6.25. The highest BCUT2D eigenvalue weighted by atomic mass is 35.5. The Morgan fingerprint density at radius 1 is 1.10 bits per heavy atom. The van der Waals surface area contributed by atoms with Gasteiger partial charge in [-0.1, -0.05) is 23.7 Å². The van der Waals surface area contributed by atoms with Crippen LogP contribution < -0.4 is 14.8 Å². The number of rotatable bonds is 8. The largest absolute Gasteiger partial charge is 0.493 e. The van der Waals surface area contributed by atoms with E-state index in [1.54, 1.807) is 35.2 Å². The zero-order chi connectivity index (χ0) is 21.7. The number of amides is 2. The molecule has 0 aliphatic rings. The van der Waals surface area contributed by atoms with Crippen LogP contribution in [0.4, 0.5) is 5.69 Å². The minimum absolute atomic E-state index is 0.103. The van der Waals surface area contributed by atoms with Crippen LogP contribution in [0.25, 0.3) is 11.0 Å². The van der Waals surface area contributed by atoms with Crippen LogP contribution in [0.15, 0.2) is 46.9 Å². The van der Waals surface area contributed by atoms with Crippen LogP contribution in [0.2, 0.25) is 5.02 Å². The van der Waals surface area contributed by atoms with Crippen molar-refractivity contribution < 1.29 is 23.5 Å². The highest BCUT2D eigenvalue weighted by molar-refractivity contribution is 6.32. The predicted octanol–water partition coefficient (Wildman–Crippen LogP) is 4.59. The first-order valence-corrected chi connectivity index (χ1v) is 9.92. The Kier molecular flexibility index (Phi) is 6.84. The fourth-order valence-electron chi connectivity index (χ4n) is 3.00. The van der Waals surface area contributed by atoms with Crippen LogP contribution in [0.1, 0.15) is 24.4 Å². The molecule has 0 atom stereocenters. The maximum Gasteiger partial charge on any atom is 0.291 e. The quantitative estimate of drug-likeness (QED) is 0.565. The number of benzene rings is 2. The smallest absolute Gasteiger partial charge is 0.291 e. The number of carbonyl (C=O) groups is 2. The van der Waals surface area contributed by atoms with Crippen molar-refractivity contribution in [1.29, 1.82) is 0 Å². The Bertz CT molecular complexity index is 1060. The number of nitrogens with zero attached hydrogens (tertiary/aromatic N) is 1. The molecule has 2 aromatic carbocycles. The van der Waals surface area contributed by atoms with Gasteiger partial charge in [-0.25, -0.2) is 0 Å². The maximum absolute atomic E-state index is 12.6. The normalized spacial score (nSPS) is 10.7. The van der Waals surface area contributed by atoms with E-state index in [1.165, 1.54) is 7.11 Å². The Hall–Kier alpha value is -3.19. The van der Waals surface area contributed by atoms with Crippen LogP contribution in [-0.4, -0.2) is 43.5 Å². The molecule has 0 saturated carbocycles. The summed E-state index contributed by atoms with van der Waals surface area (Å²) < 4.78 is 16.4. The Labute approximate surface area is 179 Å². The molecule has 30 heavy (non-hydrogen) atoms. The zero-order valence-corrected chi connectivity index (χ0v) is 17.8. The number of para-hydroxylation sites is 1. The van der Waals surface area contributed by atoms with Crippen molar-refractivity contribution >= 4 is 40.1 Å². The van der Waals surface area contributed by atoms with Gasteiger partial charge in [-0.05, 0) is 44.2 Å². The SMILES string of the molecule is CCN(CC)C(=O)COc1ccc(NC(=O)c2cc3cccc(OC)c3o2)cc1Cl. The highest BCUT2D eigenvalue weighted by Gasteiger charge is 2.16. The third-order valence-corrected chi connectivity index (χ3v) is 4.90. The number of anilines is 1.